The first-order valence-electron chi connectivity index (χ1n) is 10.0. The van der Waals surface area contributed by atoms with Gasteiger partial charge in [-0.05, 0) is 41.3 Å². The lowest BCUT2D eigenvalue weighted by Gasteiger charge is -2.10. The lowest BCUT2D eigenvalue weighted by Crippen LogP contribution is -1.89. The van der Waals surface area contributed by atoms with Gasteiger partial charge in [0.1, 0.15) is 11.4 Å². The molecular weight excluding hydrogens is 360 g/mol. The lowest BCUT2D eigenvalue weighted by atomic mass is 9.98. The number of benzene rings is 4. The van der Waals surface area contributed by atoms with E-state index in [0.29, 0.717) is 11.4 Å². The van der Waals surface area contributed by atoms with Crippen LogP contribution < -0.4 is 0 Å². The quantitative estimate of drug-likeness (QED) is 0.266. The SMILES string of the molecule is CCCCCc1cc(N=Nc2ccc3ccccc3c2O)c(O)c2ccccc12. The van der Waals surface area contributed by atoms with E-state index in [-0.39, 0.29) is 11.5 Å². The van der Waals surface area contributed by atoms with E-state index in [4.69, 9.17) is 0 Å². The zero-order valence-electron chi connectivity index (χ0n) is 16.5. The Labute approximate surface area is 170 Å². The number of nitrogens with zero attached hydrogens (tertiary/aromatic N) is 2. The van der Waals surface area contributed by atoms with Crippen molar-refractivity contribution in [1.29, 1.82) is 0 Å². The molecule has 4 nitrogen and oxygen atoms in total. The summed E-state index contributed by atoms with van der Waals surface area (Å²) < 4.78 is 0. The van der Waals surface area contributed by atoms with Crippen molar-refractivity contribution in [2.24, 2.45) is 10.2 Å². The highest BCUT2D eigenvalue weighted by atomic mass is 16.3. The van der Waals surface area contributed by atoms with Crippen LogP contribution in [0.4, 0.5) is 11.4 Å². The summed E-state index contributed by atoms with van der Waals surface area (Å²) in [6, 6.07) is 21.0. The molecule has 0 amide bonds. The van der Waals surface area contributed by atoms with Crippen molar-refractivity contribution >= 4 is 32.9 Å². The molecule has 4 heteroatoms. The molecular formula is C25H24N2O2. The molecule has 4 aromatic carbocycles. The van der Waals surface area contributed by atoms with E-state index in [0.717, 1.165) is 52.8 Å². The van der Waals surface area contributed by atoms with E-state index in [1.165, 1.54) is 0 Å². The number of phenols is 2. The molecule has 4 aromatic rings. The van der Waals surface area contributed by atoms with E-state index in [2.05, 4.69) is 17.2 Å². The number of phenolic OH excluding ortho intramolecular Hbond substituents is 2. The van der Waals surface area contributed by atoms with Crippen LogP contribution in [0.25, 0.3) is 21.5 Å². The number of hydrogen-bond acceptors (Lipinski definition) is 4. The minimum absolute atomic E-state index is 0.0929. The van der Waals surface area contributed by atoms with Gasteiger partial charge < -0.3 is 10.2 Å². The third-order valence-corrected chi connectivity index (χ3v) is 5.28. The van der Waals surface area contributed by atoms with E-state index in [9.17, 15) is 10.2 Å². The van der Waals surface area contributed by atoms with Gasteiger partial charge in [-0.1, -0.05) is 74.4 Å². The summed E-state index contributed by atoms with van der Waals surface area (Å²) in [6.07, 6.45) is 4.34. The molecule has 0 aromatic heterocycles. The van der Waals surface area contributed by atoms with Crippen molar-refractivity contribution in [1.82, 2.24) is 0 Å². The first-order valence-corrected chi connectivity index (χ1v) is 10.0. The van der Waals surface area contributed by atoms with Crippen molar-refractivity contribution in [3.63, 3.8) is 0 Å². The van der Waals surface area contributed by atoms with Gasteiger partial charge in [-0.3, -0.25) is 0 Å². The Kier molecular flexibility index (Phi) is 5.43. The lowest BCUT2D eigenvalue weighted by molar-refractivity contribution is 0.480. The summed E-state index contributed by atoms with van der Waals surface area (Å²) in [5, 5.41) is 33.3. The zero-order valence-corrected chi connectivity index (χ0v) is 16.5. The van der Waals surface area contributed by atoms with Crippen LogP contribution in [0.2, 0.25) is 0 Å². The Bertz CT molecular complexity index is 1200. The number of aryl methyl sites for hydroxylation is 1. The van der Waals surface area contributed by atoms with Gasteiger partial charge in [0.15, 0.2) is 11.5 Å². The van der Waals surface area contributed by atoms with Gasteiger partial charge in [0, 0.05) is 10.8 Å². The Morgan fingerprint density at radius 2 is 1.34 bits per heavy atom. The van der Waals surface area contributed by atoms with Gasteiger partial charge in [-0.2, -0.15) is 0 Å². The van der Waals surface area contributed by atoms with Gasteiger partial charge >= 0.3 is 0 Å². The number of rotatable bonds is 6. The first-order chi connectivity index (χ1) is 14.2. The predicted octanol–water partition coefficient (Wildman–Crippen LogP) is 7.55. The average molecular weight is 384 g/mol. The molecule has 0 unspecified atom stereocenters. The fraction of sp³-hybridized carbons (Fsp3) is 0.200. The topological polar surface area (TPSA) is 65.2 Å². The maximum atomic E-state index is 10.7. The van der Waals surface area contributed by atoms with Crippen LogP contribution in [0, 0.1) is 0 Å². The molecule has 0 radical (unpaired) electrons. The highest BCUT2D eigenvalue weighted by Crippen LogP contribution is 2.40. The Hall–Kier alpha value is -3.40. The molecule has 0 saturated carbocycles. The molecule has 0 aliphatic rings. The summed E-state index contributed by atoms with van der Waals surface area (Å²) in [7, 11) is 0. The van der Waals surface area contributed by atoms with Gasteiger partial charge in [0.25, 0.3) is 0 Å². The number of fused-ring (bicyclic) bond motifs is 2. The number of hydrogen-bond donors (Lipinski definition) is 2. The second-order valence-corrected chi connectivity index (χ2v) is 7.26. The molecule has 2 N–H and O–H groups in total. The highest BCUT2D eigenvalue weighted by molar-refractivity contribution is 5.95. The van der Waals surface area contributed by atoms with Crippen LogP contribution in [0.1, 0.15) is 31.7 Å². The molecule has 0 heterocycles. The molecule has 0 aliphatic carbocycles. The predicted molar refractivity (Wildman–Crippen MR) is 119 cm³/mol. The van der Waals surface area contributed by atoms with Gasteiger partial charge in [-0.15, -0.1) is 10.2 Å². The van der Waals surface area contributed by atoms with Gasteiger partial charge in [-0.25, -0.2) is 0 Å². The third-order valence-electron chi connectivity index (χ3n) is 5.28. The molecule has 0 bridgehead atoms. The Morgan fingerprint density at radius 3 is 2.14 bits per heavy atom. The first kappa shape index (κ1) is 18.9. The van der Waals surface area contributed by atoms with Crippen molar-refractivity contribution in [3.05, 3.63) is 72.3 Å². The standard InChI is InChI=1S/C25H24N2O2/c1-2-3-4-10-18-16-23(25(29)21-13-8-7-11-19(18)21)27-26-22-15-14-17-9-5-6-12-20(17)24(22)28/h5-9,11-16,28-29H,2-4,10H2,1H3. The summed E-state index contributed by atoms with van der Waals surface area (Å²) in [5.74, 6) is 0.208. The van der Waals surface area contributed by atoms with Crippen LogP contribution in [-0.2, 0) is 6.42 Å². The molecule has 0 saturated heterocycles. The molecule has 4 rings (SSSR count). The van der Waals surface area contributed by atoms with Crippen molar-refractivity contribution in [2.45, 2.75) is 32.6 Å². The Balaban J connectivity index is 1.76. The third kappa shape index (κ3) is 3.79. The minimum atomic E-state index is 0.0929. The van der Waals surface area contributed by atoms with Crippen LogP contribution in [0.5, 0.6) is 11.5 Å². The maximum Gasteiger partial charge on any atom is 0.150 e. The summed E-state index contributed by atoms with van der Waals surface area (Å²) in [4.78, 5) is 0. The smallest absolute Gasteiger partial charge is 0.150 e. The van der Waals surface area contributed by atoms with Gasteiger partial charge in [0.05, 0.1) is 0 Å². The van der Waals surface area contributed by atoms with Crippen molar-refractivity contribution in [3.8, 4) is 11.5 Å². The summed E-state index contributed by atoms with van der Waals surface area (Å²) >= 11 is 0. The second-order valence-electron chi connectivity index (χ2n) is 7.26. The van der Waals surface area contributed by atoms with Crippen LogP contribution in [0.3, 0.4) is 0 Å². The van der Waals surface area contributed by atoms with Crippen LogP contribution in [0.15, 0.2) is 77.0 Å². The summed E-state index contributed by atoms with van der Waals surface area (Å²) in [6.45, 7) is 2.19. The highest BCUT2D eigenvalue weighted by Gasteiger charge is 2.12. The van der Waals surface area contributed by atoms with Crippen molar-refractivity contribution in [2.75, 3.05) is 0 Å². The molecule has 0 fully saturated rings. The van der Waals surface area contributed by atoms with E-state index >= 15 is 0 Å². The molecule has 29 heavy (non-hydrogen) atoms. The van der Waals surface area contributed by atoms with E-state index in [1.807, 2.05) is 60.7 Å². The minimum Gasteiger partial charge on any atom is -0.505 e. The largest absolute Gasteiger partial charge is 0.505 e. The van der Waals surface area contributed by atoms with E-state index in [1.54, 1.807) is 6.07 Å². The van der Waals surface area contributed by atoms with Crippen LogP contribution in [-0.4, -0.2) is 10.2 Å². The second kappa shape index (κ2) is 8.31. The van der Waals surface area contributed by atoms with Crippen LogP contribution >= 0.6 is 0 Å². The number of unbranched alkanes of at least 4 members (excludes halogenated alkanes) is 2. The fourth-order valence-corrected chi connectivity index (χ4v) is 3.70. The molecule has 146 valence electrons. The Morgan fingerprint density at radius 1 is 0.690 bits per heavy atom. The maximum absolute atomic E-state index is 10.7. The molecule has 0 aliphatic heterocycles. The molecule has 0 spiro atoms. The van der Waals surface area contributed by atoms with Gasteiger partial charge in [0.2, 0.25) is 0 Å². The normalized spacial score (nSPS) is 11.6. The monoisotopic (exact) mass is 384 g/mol. The molecule has 0 atom stereocenters. The average Bonchev–Trinajstić information content (AvgIpc) is 2.76. The van der Waals surface area contributed by atoms with Crippen molar-refractivity contribution < 1.29 is 10.2 Å². The number of aromatic hydroxyl groups is 2. The number of azo groups is 1. The zero-order chi connectivity index (χ0) is 20.2. The summed E-state index contributed by atoms with van der Waals surface area (Å²) in [5.41, 5.74) is 1.95. The fourth-order valence-electron chi connectivity index (χ4n) is 3.70. The van der Waals surface area contributed by atoms with E-state index < -0.39 is 0 Å².